The van der Waals surface area contributed by atoms with Gasteiger partial charge in [0.05, 0.1) is 19.9 Å². The number of carbonyl (C=O) groups excluding carboxylic acids is 2. The first kappa shape index (κ1) is 19.5. The van der Waals surface area contributed by atoms with Gasteiger partial charge in [-0.1, -0.05) is 12.1 Å². The molecule has 0 aliphatic carbocycles. The number of hydrogen-bond acceptors (Lipinski definition) is 5. The van der Waals surface area contributed by atoms with E-state index >= 15 is 0 Å². The third kappa shape index (κ3) is 5.89. The van der Waals surface area contributed by atoms with Crippen LogP contribution in [-0.4, -0.2) is 41.7 Å². The van der Waals surface area contributed by atoms with Crippen LogP contribution in [0.5, 0.6) is 11.5 Å². The Morgan fingerprint density at radius 3 is 2.12 bits per heavy atom. The number of benzene rings is 2. The highest BCUT2D eigenvalue weighted by Gasteiger charge is 2.14. The van der Waals surface area contributed by atoms with Crippen molar-refractivity contribution in [2.75, 3.05) is 36.4 Å². The summed E-state index contributed by atoms with van der Waals surface area (Å²) in [6, 6.07) is 13.7. The van der Waals surface area contributed by atoms with E-state index in [0.29, 0.717) is 22.9 Å². The van der Waals surface area contributed by atoms with Gasteiger partial charge in [0.25, 0.3) is 0 Å². The number of anilines is 2. The third-order valence-electron chi connectivity index (χ3n) is 3.34. The van der Waals surface area contributed by atoms with Gasteiger partial charge in [0.1, 0.15) is 23.0 Å². The molecule has 0 bridgehead atoms. The molecule has 0 spiro atoms. The summed E-state index contributed by atoms with van der Waals surface area (Å²) in [5, 5.41) is 5.25. The Balaban J connectivity index is 1.83. The number of ether oxygens (including phenoxy) is 2. The lowest BCUT2D eigenvalue weighted by Crippen LogP contribution is -2.26. The van der Waals surface area contributed by atoms with E-state index in [1.165, 1.54) is 7.11 Å². The zero-order valence-electron chi connectivity index (χ0n) is 14.5. The summed E-state index contributed by atoms with van der Waals surface area (Å²) in [4.78, 5) is 23.9. The largest absolute Gasteiger partial charge is 0.497 e. The Morgan fingerprint density at radius 1 is 0.885 bits per heavy atom. The summed E-state index contributed by atoms with van der Waals surface area (Å²) in [5.74, 6) is -0.272. The number of amides is 2. The number of para-hydroxylation sites is 2. The first-order chi connectivity index (χ1) is 12.5. The second kappa shape index (κ2) is 9.57. The highest BCUT2D eigenvalue weighted by molar-refractivity contribution is 7.86. The van der Waals surface area contributed by atoms with E-state index in [-0.39, 0.29) is 11.5 Å². The van der Waals surface area contributed by atoms with Crippen molar-refractivity contribution < 1.29 is 23.3 Å². The third-order valence-corrected chi connectivity index (χ3v) is 4.51. The van der Waals surface area contributed by atoms with Crippen molar-refractivity contribution in [1.29, 1.82) is 0 Å². The number of carbonyl (C=O) groups is 2. The normalized spacial score (nSPS) is 11.3. The van der Waals surface area contributed by atoms with Crippen LogP contribution in [0.4, 0.5) is 11.4 Å². The fourth-order valence-electron chi connectivity index (χ4n) is 2.15. The van der Waals surface area contributed by atoms with E-state index in [1.807, 2.05) is 0 Å². The molecule has 0 aliphatic rings. The molecular weight excluding hydrogens is 356 g/mol. The number of nitrogens with one attached hydrogen (secondary N) is 2. The van der Waals surface area contributed by atoms with Crippen molar-refractivity contribution in [1.82, 2.24) is 0 Å². The van der Waals surface area contributed by atoms with E-state index in [0.717, 1.165) is 0 Å². The van der Waals surface area contributed by atoms with Crippen molar-refractivity contribution in [3.8, 4) is 11.5 Å². The molecule has 0 radical (unpaired) electrons. The summed E-state index contributed by atoms with van der Waals surface area (Å²) in [6.07, 6.45) is 0. The standard InChI is InChI=1S/C18H20N2O5S/c1-24-14-9-7-13(8-10-14)19-17(21)11-26(23)12-18(22)20-15-5-3-4-6-16(15)25-2/h3-10H,11-12H2,1-2H3,(H,19,21)(H,20,22)/t26-/m0/s1. The van der Waals surface area contributed by atoms with Gasteiger partial charge >= 0.3 is 0 Å². The van der Waals surface area contributed by atoms with Gasteiger partial charge in [-0.3, -0.25) is 13.8 Å². The van der Waals surface area contributed by atoms with Crippen LogP contribution in [0.15, 0.2) is 48.5 Å². The molecule has 0 aliphatic heterocycles. The fourth-order valence-corrected chi connectivity index (χ4v) is 2.98. The Morgan fingerprint density at radius 2 is 1.50 bits per heavy atom. The van der Waals surface area contributed by atoms with Crippen LogP contribution in [0.3, 0.4) is 0 Å². The fraction of sp³-hybridized carbons (Fsp3) is 0.222. The van der Waals surface area contributed by atoms with E-state index in [9.17, 15) is 13.8 Å². The van der Waals surface area contributed by atoms with Crippen molar-refractivity contribution >= 4 is 34.0 Å². The Kier molecular flexibility index (Phi) is 7.16. The van der Waals surface area contributed by atoms with Crippen LogP contribution in [0.1, 0.15) is 0 Å². The van der Waals surface area contributed by atoms with Crippen LogP contribution in [-0.2, 0) is 20.4 Å². The summed E-state index contributed by atoms with van der Waals surface area (Å²) in [6.45, 7) is 0. The molecule has 8 heteroatoms. The number of hydrogen-bond donors (Lipinski definition) is 2. The molecule has 26 heavy (non-hydrogen) atoms. The van der Waals surface area contributed by atoms with Gasteiger partial charge in [-0.25, -0.2) is 0 Å². The van der Waals surface area contributed by atoms with E-state index in [4.69, 9.17) is 9.47 Å². The van der Waals surface area contributed by atoms with Crippen molar-refractivity contribution in [2.24, 2.45) is 0 Å². The highest BCUT2D eigenvalue weighted by atomic mass is 32.2. The van der Waals surface area contributed by atoms with Gasteiger partial charge < -0.3 is 20.1 Å². The molecule has 2 aromatic carbocycles. The first-order valence-corrected chi connectivity index (χ1v) is 9.22. The van der Waals surface area contributed by atoms with Crippen LogP contribution in [0, 0.1) is 0 Å². The number of rotatable bonds is 8. The van der Waals surface area contributed by atoms with Crippen LogP contribution >= 0.6 is 0 Å². The van der Waals surface area contributed by atoms with Gasteiger partial charge in [0.15, 0.2) is 0 Å². The molecule has 2 aromatic rings. The van der Waals surface area contributed by atoms with Crippen LogP contribution in [0.25, 0.3) is 0 Å². The predicted octanol–water partition coefficient (Wildman–Crippen LogP) is 2.03. The minimum absolute atomic E-state index is 0.272. The average molecular weight is 376 g/mol. The monoisotopic (exact) mass is 376 g/mol. The van der Waals surface area contributed by atoms with E-state index in [2.05, 4.69) is 10.6 Å². The molecule has 2 rings (SSSR count). The van der Waals surface area contributed by atoms with E-state index in [1.54, 1.807) is 55.6 Å². The quantitative estimate of drug-likeness (QED) is 0.735. The summed E-state index contributed by atoms with van der Waals surface area (Å²) in [7, 11) is 1.41. The molecule has 1 atom stereocenters. The van der Waals surface area contributed by atoms with Gasteiger partial charge in [0.2, 0.25) is 11.8 Å². The van der Waals surface area contributed by atoms with E-state index < -0.39 is 22.6 Å². The zero-order valence-corrected chi connectivity index (χ0v) is 15.3. The Labute approximate surface area is 154 Å². The molecule has 0 saturated carbocycles. The number of methoxy groups -OCH3 is 2. The molecule has 0 heterocycles. The average Bonchev–Trinajstić information content (AvgIpc) is 2.62. The zero-order chi connectivity index (χ0) is 18.9. The molecule has 2 amide bonds. The second-order valence-electron chi connectivity index (χ2n) is 5.25. The molecule has 7 nitrogen and oxygen atoms in total. The molecule has 0 aromatic heterocycles. The van der Waals surface area contributed by atoms with Gasteiger partial charge in [-0.2, -0.15) is 0 Å². The summed E-state index contributed by atoms with van der Waals surface area (Å²) >= 11 is 0. The minimum Gasteiger partial charge on any atom is -0.497 e. The Hall–Kier alpha value is -2.87. The van der Waals surface area contributed by atoms with Gasteiger partial charge in [-0.05, 0) is 36.4 Å². The predicted molar refractivity (Wildman–Crippen MR) is 101 cm³/mol. The Bertz CT molecular complexity index is 792. The maximum Gasteiger partial charge on any atom is 0.237 e. The lowest BCUT2D eigenvalue weighted by Gasteiger charge is -2.10. The topological polar surface area (TPSA) is 93.7 Å². The SMILES string of the molecule is COc1ccc(NC(=O)C[S@](=O)CC(=O)Nc2ccccc2OC)cc1. The molecule has 2 N–H and O–H groups in total. The molecule has 0 saturated heterocycles. The lowest BCUT2D eigenvalue weighted by molar-refractivity contribution is -0.114. The molecule has 0 unspecified atom stereocenters. The minimum atomic E-state index is -1.63. The summed E-state index contributed by atoms with van der Waals surface area (Å²) in [5.41, 5.74) is 1.05. The maximum absolute atomic E-state index is 12.0. The first-order valence-electron chi connectivity index (χ1n) is 7.73. The molecule has 138 valence electrons. The molecular formula is C18H20N2O5S. The second-order valence-corrected chi connectivity index (χ2v) is 6.71. The van der Waals surface area contributed by atoms with Crippen molar-refractivity contribution in [3.05, 3.63) is 48.5 Å². The van der Waals surface area contributed by atoms with Crippen molar-refractivity contribution in [3.63, 3.8) is 0 Å². The van der Waals surface area contributed by atoms with Gasteiger partial charge in [0, 0.05) is 16.5 Å². The highest BCUT2D eigenvalue weighted by Crippen LogP contribution is 2.22. The van der Waals surface area contributed by atoms with Gasteiger partial charge in [-0.15, -0.1) is 0 Å². The van der Waals surface area contributed by atoms with Crippen LogP contribution in [0.2, 0.25) is 0 Å². The smallest absolute Gasteiger partial charge is 0.237 e. The maximum atomic E-state index is 12.0. The molecule has 0 fully saturated rings. The lowest BCUT2D eigenvalue weighted by atomic mass is 10.3. The van der Waals surface area contributed by atoms with Crippen molar-refractivity contribution in [2.45, 2.75) is 0 Å². The summed E-state index contributed by atoms with van der Waals surface area (Å²) < 4.78 is 22.2. The van der Waals surface area contributed by atoms with Crippen LogP contribution < -0.4 is 20.1 Å².